The van der Waals surface area contributed by atoms with Gasteiger partial charge in [0.1, 0.15) is 0 Å². The van der Waals surface area contributed by atoms with Crippen LogP contribution < -0.4 is 11.1 Å². The van der Waals surface area contributed by atoms with E-state index in [2.05, 4.69) is 11.4 Å². The van der Waals surface area contributed by atoms with Crippen LogP contribution in [-0.4, -0.2) is 29.4 Å². The predicted molar refractivity (Wildman–Crippen MR) is 96.6 cm³/mol. The van der Waals surface area contributed by atoms with E-state index >= 15 is 0 Å². The van der Waals surface area contributed by atoms with Crippen LogP contribution in [0.5, 0.6) is 0 Å². The molecule has 0 saturated heterocycles. The van der Waals surface area contributed by atoms with Crippen LogP contribution in [0.15, 0.2) is 29.8 Å². The van der Waals surface area contributed by atoms with Crippen molar-refractivity contribution in [2.24, 2.45) is 0 Å². The fraction of sp³-hybridized carbons (Fsp3) is 0.444. The number of benzene rings is 1. The van der Waals surface area contributed by atoms with Gasteiger partial charge in [-0.05, 0) is 45.1 Å². The molecule has 1 atom stereocenters. The number of nitrogens with zero attached hydrogens (tertiary/aromatic N) is 1. The van der Waals surface area contributed by atoms with E-state index in [1.165, 1.54) is 37.5 Å². The van der Waals surface area contributed by atoms with Crippen LogP contribution >= 0.6 is 0 Å². The van der Waals surface area contributed by atoms with E-state index in [9.17, 15) is 19.7 Å². The number of ether oxygens (including phenoxy) is 1. The molecule has 1 aliphatic rings. The third kappa shape index (κ3) is 5.30. The minimum atomic E-state index is -1.03. The molecular weight excluding hydrogens is 338 g/mol. The lowest BCUT2D eigenvalue weighted by Crippen LogP contribution is -2.36. The smallest absolute Gasteiger partial charge is 0.341 e. The van der Waals surface area contributed by atoms with Crippen LogP contribution in [-0.2, 0) is 9.53 Å². The summed E-state index contributed by atoms with van der Waals surface area (Å²) in [6, 6.07) is 3.50. The van der Waals surface area contributed by atoms with Gasteiger partial charge in [-0.25, -0.2) is 4.79 Å². The number of hydrogen-bond donors (Lipinski definition) is 2. The second kappa shape index (κ2) is 8.98. The summed E-state index contributed by atoms with van der Waals surface area (Å²) < 4.78 is 5.09. The Kier molecular flexibility index (Phi) is 6.71. The normalized spacial score (nSPS) is 14.9. The van der Waals surface area contributed by atoms with E-state index in [0.717, 1.165) is 25.3 Å². The standard InChI is InChI=1S/C18H23N3O5/c1-12(17(22)20-10-9-13-5-3-2-4-6-13)26-18(23)15-11-14(21(24)25)7-8-16(15)19/h5,7-8,11-12H,2-4,6,9-10,19H2,1H3,(H,20,22). The number of nitro benzene ring substituents is 1. The Bertz CT molecular complexity index is 730. The second-order valence-electron chi connectivity index (χ2n) is 6.23. The van der Waals surface area contributed by atoms with E-state index < -0.39 is 22.9 Å². The quantitative estimate of drug-likeness (QED) is 0.253. The number of allylic oxidation sites excluding steroid dienone is 1. The fourth-order valence-electron chi connectivity index (χ4n) is 2.73. The van der Waals surface area contributed by atoms with Crippen molar-refractivity contribution in [3.8, 4) is 0 Å². The zero-order valence-corrected chi connectivity index (χ0v) is 14.7. The molecule has 1 aliphatic carbocycles. The Morgan fingerprint density at radius 3 is 2.81 bits per heavy atom. The van der Waals surface area contributed by atoms with Gasteiger partial charge in [0.15, 0.2) is 6.10 Å². The molecule has 1 unspecified atom stereocenters. The number of nitrogen functional groups attached to an aromatic ring is 1. The maximum absolute atomic E-state index is 12.2. The van der Waals surface area contributed by atoms with Crippen molar-refractivity contribution in [3.63, 3.8) is 0 Å². The number of carbonyl (C=O) groups excluding carboxylic acids is 2. The van der Waals surface area contributed by atoms with E-state index in [1.54, 1.807) is 0 Å². The number of hydrogen-bond acceptors (Lipinski definition) is 6. The third-order valence-corrected chi connectivity index (χ3v) is 4.25. The van der Waals surface area contributed by atoms with Gasteiger partial charge in [0.05, 0.1) is 10.5 Å². The van der Waals surface area contributed by atoms with Gasteiger partial charge >= 0.3 is 5.97 Å². The van der Waals surface area contributed by atoms with Crippen molar-refractivity contribution >= 4 is 23.3 Å². The lowest BCUT2D eigenvalue weighted by atomic mass is 9.97. The first-order valence-corrected chi connectivity index (χ1v) is 8.59. The second-order valence-corrected chi connectivity index (χ2v) is 6.23. The van der Waals surface area contributed by atoms with Crippen LogP contribution in [0, 0.1) is 10.1 Å². The molecule has 0 saturated carbocycles. The van der Waals surface area contributed by atoms with E-state index in [-0.39, 0.29) is 16.9 Å². The average molecular weight is 361 g/mol. The third-order valence-electron chi connectivity index (χ3n) is 4.25. The summed E-state index contributed by atoms with van der Waals surface area (Å²) in [7, 11) is 0. The van der Waals surface area contributed by atoms with Crippen LogP contribution in [0.25, 0.3) is 0 Å². The highest BCUT2D eigenvalue weighted by atomic mass is 16.6. The summed E-state index contributed by atoms with van der Waals surface area (Å²) in [5.74, 6) is -1.29. The highest BCUT2D eigenvalue weighted by Crippen LogP contribution is 2.21. The maximum Gasteiger partial charge on any atom is 0.341 e. The van der Waals surface area contributed by atoms with Crippen molar-refractivity contribution < 1.29 is 19.2 Å². The molecule has 1 amide bonds. The summed E-state index contributed by atoms with van der Waals surface area (Å²) >= 11 is 0. The minimum absolute atomic E-state index is 0.0532. The lowest BCUT2D eigenvalue weighted by molar-refractivity contribution is -0.384. The molecule has 140 valence electrons. The molecule has 1 aromatic carbocycles. The zero-order valence-electron chi connectivity index (χ0n) is 14.7. The van der Waals surface area contributed by atoms with Gasteiger partial charge in [-0.2, -0.15) is 0 Å². The Balaban J connectivity index is 1.87. The molecule has 3 N–H and O–H groups in total. The zero-order chi connectivity index (χ0) is 19.1. The SMILES string of the molecule is CC(OC(=O)c1cc([N+](=O)[O-])ccc1N)C(=O)NCCC1=CCCCC1. The maximum atomic E-state index is 12.2. The summed E-state index contributed by atoms with van der Waals surface area (Å²) in [4.78, 5) is 34.4. The number of anilines is 1. The van der Waals surface area contributed by atoms with Crippen LogP contribution in [0.3, 0.4) is 0 Å². The van der Waals surface area contributed by atoms with Crippen LogP contribution in [0.1, 0.15) is 49.4 Å². The van der Waals surface area contributed by atoms with Crippen molar-refractivity contribution in [1.82, 2.24) is 5.32 Å². The van der Waals surface area contributed by atoms with E-state index in [4.69, 9.17) is 10.5 Å². The van der Waals surface area contributed by atoms with Gasteiger partial charge in [-0.1, -0.05) is 11.6 Å². The molecule has 0 fully saturated rings. The average Bonchev–Trinajstić information content (AvgIpc) is 2.62. The Hall–Kier alpha value is -2.90. The van der Waals surface area contributed by atoms with Gasteiger partial charge in [-0.3, -0.25) is 14.9 Å². The highest BCUT2D eigenvalue weighted by Gasteiger charge is 2.22. The number of nitro groups is 1. The number of rotatable bonds is 7. The van der Waals surface area contributed by atoms with Gasteiger partial charge in [-0.15, -0.1) is 0 Å². The molecule has 26 heavy (non-hydrogen) atoms. The molecule has 0 radical (unpaired) electrons. The summed E-state index contributed by atoms with van der Waals surface area (Å²) in [5, 5.41) is 13.5. The molecular formula is C18H23N3O5. The monoisotopic (exact) mass is 361 g/mol. The van der Waals surface area contributed by atoms with Crippen LogP contribution in [0.2, 0.25) is 0 Å². The number of nitrogens with two attached hydrogens (primary N) is 1. The van der Waals surface area contributed by atoms with Crippen LogP contribution in [0.4, 0.5) is 11.4 Å². The summed E-state index contributed by atoms with van der Waals surface area (Å²) in [5.41, 5.74) is 6.66. The first kappa shape index (κ1) is 19.4. The van der Waals surface area contributed by atoms with Crippen molar-refractivity contribution in [1.29, 1.82) is 0 Å². The van der Waals surface area contributed by atoms with Gasteiger partial charge in [0.2, 0.25) is 0 Å². The number of non-ortho nitro benzene ring substituents is 1. The van der Waals surface area contributed by atoms with Crippen molar-refractivity contribution in [2.45, 2.75) is 45.1 Å². The largest absolute Gasteiger partial charge is 0.449 e. The van der Waals surface area contributed by atoms with Crippen molar-refractivity contribution in [2.75, 3.05) is 12.3 Å². The lowest BCUT2D eigenvalue weighted by Gasteiger charge is -2.16. The first-order chi connectivity index (χ1) is 12.4. The molecule has 0 spiro atoms. The molecule has 0 aromatic heterocycles. The van der Waals surface area contributed by atoms with Gasteiger partial charge < -0.3 is 15.8 Å². The molecule has 1 aromatic rings. The number of carbonyl (C=O) groups is 2. The molecule has 0 aliphatic heterocycles. The summed E-state index contributed by atoms with van der Waals surface area (Å²) in [6.07, 6.45) is 6.51. The predicted octanol–water partition coefficient (Wildman–Crippen LogP) is 2.73. The molecule has 8 nitrogen and oxygen atoms in total. The van der Waals surface area contributed by atoms with Crippen molar-refractivity contribution in [3.05, 3.63) is 45.5 Å². The minimum Gasteiger partial charge on any atom is -0.449 e. The summed E-state index contributed by atoms with van der Waals surface area (Å²) in [6.45, 7) is 1.92. The molecule has 0 bridgehead atoms. The topological polar surface area (TPSA) is 125 Å². The van der Waals surface area contributed by atoms with Gasteiger partial charge in [0, 0.05) is 24.4 Å². The first-order valence-electron chi connectivity index (χ1n) is 8.59. The highest BCUT2D eigenvalue weighted by molar-refractivity contribution is 5.97. The number of nitrogens with one attached hydrogen (secondary N) is 1. The van der Waals surface area contributed by atoms with E-state index in [1.807, 2.05) is 0 Å². The number of amides is 1. The molecule has 0 heterocycles. The fourth-order valence-corrected chi connectivity index (χ4v) is 2.73. The Labute approximate surface area is 151 Å². The molecule has 8 heteroatoms. The molecule has 2 rings (SSSR count). The Morgan fingerprint density at radius 1 is 1.38 bits per heavy atom. The van der Waals surface area contributed by atoms with E-state index in [0.29, 0.717) is 6.54 Å². The number of esters is 1. The van der Waals surface area contributed by atoms with Gasteiger partial charge in [0.25, 0.3) is 11.6 Å². The Morgan fingerprint density at radius 2 is 2.15 bits per heavy atom.